The number of allylic oxidation sites excluding steroid dienone is 6. The molecular weight excluding hydrogens is 170 g/mol. The molecule has 0 nitrogen and oxygen atoms in total. The van der Waals surface area contributed by atoms with E-state index in [0.29, 0.717) is 5.57 Å². The first-order valence-corrected chi connectivity index (χ1v) is 4.48. The molecule has 0 N–H and O–H groups in total. The maximum atomic E-state index is 12.8. The SMILES string of the molecule is CC.CC1=CC(F)C(F)=C(C)C=C1. The Morgan fingerprint density at radius 3 is 2.23 bits per heavy atom. The maximum absolute atomic E-state index is 12.8. The van der Waals surface area contributed by atoms with Gasteiger partial charge in [-0.1, -0.05) is 31.6 Å². The average molecular weight is 186 g/mol. The van der Waals surface area contributed by atoms with Crippen molar-refractivity contribution in [1.82, 2.24) is 0 Å². The predicted molar refractivity (Wildman–Crippen MR) is 52.9 cm³/mol. The molecule has 1 aliphatic rings. The van der Waals surface area contributed by atoms with Gasteiger partial charge in [0, 0.05) is 0 Å². The van der Waals surface area contributed by atoms with Gasteiger partial charge in [0.15, 0.2) is 6.17 Å². The van der Waals surface area contributed by atoms with Crippen molar-refractivity contribution in [3.63, 3.8) is 0 Å². The van der Waals surface area contributed by atoms with Crippen LogP contribution >= 0.6 is 0 Å². The fourth-order valence-corrected chi connectivity index (χ4v) is 0.913. The van der Waals surface area contributed by atoms with E-state index in [1.54, 1.807) is 26.0 Å². The minimum Gasteiger partial charge on any atom is -0.235 e. The fourth-order valence-electron chi connectivity index (χ4n) is 0.913. The Hall–Kier alpha value is -0.920. The van der Waals surface area contributed by atoms with Gasteiger partial charge >= 0.3 is 0 Å². The van der Waals surface area contributed by atoms with Gasteiger partial charge in [-0.2, -0.15) is 0 Å². The van der Waals surface area contributed by atoms with Gasteiger partial charge in [-0.05, 0) is 25.5 Å². The van der Waals surface area contributed by atoms with Crippen LogP contribution in [0.25, 0.3) is 0 Å². The number of rotatable bonds is 0. The Kier molecular flexibility index (Phi) is 5.28. The Morgan fingerprint density at radius 1 is 1.15 bits per heavy atom. The molecule has 1 atom stereocenters. The van der Waals surface area contributed by atoms with E-state index in [1.807, 2.05) is 13.8 Å². The Morgan fingerprint density at radius 2 is 1.69 bits per heavy atom. The molecule has 1 aliphatic carbocycles. The molecule has 0 aromatic heterocycles. The molecule has 0 bridgehead atoms. The lowest BCUT2D eigenvalue weighted by atomic mass is 10.2. The zero-order valence-corrected chi connectivity index (χ0v) is 8.57. The molecule has 0 amide bonds. The van der Waals surface area contributed by atoms with E-state index in [2.05, 4.69) is 0 Å². The summed E-state index contributed by atoms with van der Waals surface area (Å²) in [7, 11) is 0. The predicted octanol–water partition coefficient (Wildman–Crippen LogP) is 4.11. The summed E-state index contributed by atoms with van der Waals surface area (Å²) in [6.45, 7) is 7.31. The molecule has 0 saturated heterocycles. The van der Waals surface area contributed by atoms with Crippen molar-refractivity contribution in [3.8, 4) is 0 Å². The Labute approximate surface area is 78.7 Å². The van der Waals surface area contributed by atoms with Crippen LogP contribution in [0.4, 0.5) is 8.78 Å². The van der Waals surface area contributed by atoms with Crippen molar-refractivity contribution >= 4 is 0 Å². The summed E-state index contributed by atoms with van der Waals surface area (Å²) in [6.07, 6.45) is 2.99. The molecule has 1 rings (SSSR count). The molecule has 0 spiro atoms. The van der Waals surface area contributed by atoms with Crippen molar-refractivity contribution < 1.29 is 8.78 Å². The second kappa shape index (κ2) is 5.68. The van der Waals surface area contributed by atoms with E-state index in [0.717, 1.165) is 5.57 Å². The van der Waals surface area contributed by atoms with Crippen LogP contribution in [0.3, 0.4) is 0 Å². The summed E-state index contributed by atoms with van der Waals surface area (Å²) < 4.78 is 25.6. The zero-order valence-electron chi connectivity index (χ0n) is 8.57. The van der Waals surface area contributed by atoms with Gasteiger partial charge in [0.25, 0.3) is 0 Å². The normalized spacial score (nSPS) is 21.7. The first kappa shape index (κ1) is 12.1. The molecule has 0 aromatic carbocycles. The quantitative estimate of drug-likeness (QED) is 0.534. The molecule has 0 aromatic rings. The van der Waals surface area contributed by atoms with Crippen LogP contribution < -0.4 is 0 Å². The number of hydrogen-bond acceptors (Lipinski definition) is 0. The zero-order chi connectivity index (χ0) is 10.4. The van der Waals surface area contributed by atoms with E-state index in [-0.39, 0.29) is 0 Å². The van der Waals surface area contributed by atoms with Gasteiger partial charge < -0.3 is 0 Å². The number of alkyl halides is 1. The van der Waals surface area contributed by atoms with Crippen LogP contribution in [0, 0.1) is 0 Å². The van der Waals surface area contributed by atoms with Gasteiger partial charge in [0.2, 0.25) is 0 Å². The Balaban J connectivity index is 0.000000671. The molecule has 0 fully saturated rings. The van der Waals surface area contributed by atoms with E-state index in [9.17, 15) is 8.78 Å². The van der Waals surface area contributed by atoms with E-state index in [1.165, 1.54) is 6.08 Å². The van der Waals surface area contributed by atoms with Crippen molar-refractivity contribution in [2.45, 2.75) is 33.9 Å². The minimum atomic E-state index is -1.56. The van der Waals surface area contributed by atoms with Crippen molar-refractivity contribution in [3.05, 3.63) is 35.2 Å². The maximum Gasteiger partial charge on any atom is 0.170 e. The highest BCUT2D eigenvalue weighted by Crippen LogP contribution is 2.21. The van der Waals surface area contributed by atoms with E-state index < -0.39 is 12.0 Å². The molecule has 1 unspecified atom stereocenters. The van der Waals surface area contributed by atoms with Crippen LogP contribution in [0.5, 0.6) is 0 Å². The van der Waals surface area contributed by atoms with Crippen LogP contribution in [-0.4, -0.2) is 6.17 Å². The first-order chi connectivity index (χ1) is 6.11. The summed E-state index contributed by atoms with van der Waals surface area (Å²) in [4.78, 5) is 0. The third-order valence-electron chi connectivity index (χ3n) is 1.62. The highest BCUT2D eigenvalue weighted by atomic mass is 19.2. The Bertz CT molecular complexity index is 247. The number of hydrogen-bond donors (Lipinski definition) is 0. The smallest absolute Gasteiger partial charge is 0.170 e. The standard InChI is InChI=1S/C9H10F2.C2H6/c1-6-3-4-7(2)9(11)8(10)5-6;1-2/h3-5,8H,1-2H3;1-2H3. The molecule has 0 heterocycles. The molecule has 0 saturated carbocycles. The van der Waals surface area contributed by atoms with Crippen LogP contribution in [-0.2, 0) is 0 Å². The molecule has 2 heteroatoms. The van der Waals surface area contributed by atoms with Crippen molar-refractivity contribution in [2.75, 3.05) is 0 Å². The molecular formula is C11H16F2. The van der Waals surface area contributed by atoms with Crippen LogP contribution in [0.1, 0.15) is 27.7 Å². The average Bonchev–Trinajstić information content (AvgIpc) is 2.24. The van der Waals surface area contributed by atoms with Crippen LogP contribution in [0.2, 0.25) is 0 Å². The fraction of sp³-hybridized carbons (Fsp3) is 0.455. The van der Waals surface area contributed by atoms with Gasteiger partial charge in [-0.3, -0.25) is 0 Å². The van der Waals surface area contributed by atoms with E-state index in [4.69, 9.17) is 0 Å². The molecule has 0 radical (unpaired) electrons. The highest BCUT2D eigenvalue weighted by molar-refractivity contribution is 5.35. The lowest BCUT2D eigenvalue weighted by Crippen LogP contribution is -1.96. The first-order valence-electron chi connectivity index (χ1n) is 4.48. The second-order valence-corrected chi connectivity index (χ2v) is 2.68. The summed E-state index contributed by atoms with van der Waals surface area (Å²) in [6, 6.07) is 0. The summed E-state index contributed by atoms with van der Waals surface area (Å²) in [5, 5.41) is 0. The highest BCUT2D eigenvalue weighted by Gasteiger charge is 2.13. The largest absolute Gasteiger partial charge is 0.235 e. The third-order valence-corrected chi connectivity index (χ3v) is 1.62. The number of halogens is 2. The lowest BCUT2D eigenvalue weighted by molar-refractivity contribution is 0.378. The molecule has 74 valence electrons. The van der Waals surface area contributed by atoms with E-state index >= 15 is 0 Å². The van der Waals surface area contributed by atoms with Gasteiger partial charge in [-0.25, -0.2) is 8.78 Å². The topological polar surface area (TPSA) is 0 Å². The summed E-state index contributed by atoms with van der Waals surface area (Å²) >= 11 is 0. The summed E-state index contributed by atoms with van der Waals surface area (Å²) in [5.41, 5.74) is 1.12. The third kappa shape index (κ3) is 3.53. The van der Waals surface area contributed by atoms with Crippen molar-refractivity contribution in [1.29, 1.82) is 0 Å². The van der Waals surface area contributed by atoms with Gasteiger partial charge in [0.1, 0.15) is 5.83 Å². The lowest BCUT2D eigenvalue weighted by Gasteiger charge is -1.99. The second-order valence-electron chi connectivity index (χ2n) is 2.68. The monoisotopic (exact) mass is 186 g/mol. The van der Waals surface area contributed by atoms with Crippen LogP contribution in [0.15, 0.2) is 35.2 Å². The summed E-state index contributed by atoms with van der Waals surface area (Å²) in [5.74, 6) is -0.682. The van der Waals surface area contributed by atoms with Gasteiger partial charge in [-0.15, -0.1) is 0 Å². The minimum absolute atomic E-state index is 0.366. The molecule has 13 heavy (non-hydrogen) atoms. The molecule has 0 aliphatic heterocycles. The van der Waals surface area contributed by atoms with Gasteiger partial charge in [0.05, 0.1) is 0 Å². The van der Waals surface area contributed by atoms with Crippen molar-refractivity contribution in [2.24, 2.45) is 0 Å².